The van der Waals surface area contributed by atoms with Crippen molar-refractivity contribution in [3.8, 4) is 11.5 Å². The lowest BCUT2D eigenvalue weighted by atomic mass is 9.83. The molecular weight excluding hydrogens is 352 g/mol. The number of nitrogens with one attached hydrogen (secondary N) is 1. The molecule has 28 heavy (non-hydrogen) atoms. The number of ether oxygens (including phenoxy) is 2. The van der Waals surface area contributed by atoms with Gasteiger partial charge < -0.3 is 20.5 Å². The Morgan fingerprint density at radius 2 is 1.57 bits per heavy atom. The lowest BCUT2D eigenvalue weighted by Gasteiger charge is -2.26. The first-order chi connectivity index (χ1) is 13.2. The Labute approximate surface area is 168 Å². The second kappa shape index (κ2) is 9.11. The van der Waals surface area contributed by atoms with Crippen LogP contribution in [0, 0.1) is 0 Å². The van der Waals surface area contributed by atoms with Gasteiger partial charge in [-0.1, -0.05) is 44.2 Å². The van der Waals surface area contributed by atoms with Crippen molar-refractivity contribution in [1.29, 1.82) is 0 Å². The minimum absolute atomic E-state index is 0.0889. The molecule has 5 nitrogen and oxygen atoms in total. The first kappa shape index (κ1) is 21.8. The van der Waals surface area contributed by atoms with Gasteiger partial charge in [0.05, 0.1) is 19.6 Å². The third-order valence-electron chi connectivity index (χ3n) is 5.19. The molecule has 0 aliphatic carbocycles. The van der Waals surface area contributed by atoms with Gasteiger partial charge in [0.15, 0.2) is 11.5 Å². The van der Waals surface area contributed by atoms with E-state index in [-0.39, 0.29) is 11.9 Å². The van der Waals surface area contributed by atoms with Crippen LogP contribution in [0.2, 0.25) is 0 Å². The van der Waals surface area contributed by atoms with Crippen LogP contribution in [0.25, 0.3) is 0 Å². The van der Waals surface area contributed by atoms with Gasteiger partial charge in [-0.3, -0.25) is 4.79 Å². The molecule has 2 rings (SSSR count). The van der Waals surface area contributed by atoms with Crippen LogP contribution in [0.5, 0.6) is 11.5 Å². The second-order valence-electron chi connectivity index (χ2n) is 7.83. The topological polar surface area (TPSA) is 73.6 Å². The first-order valence-electron chi connectivity index (χ1n) is 9.57. The number of carbonyl (C=O) groups excluding carboxylic acids is 1. The number of methoxy groups -OCH3 is 2. The zero-order valence-corrected chi connectivity index (χ0v) is 17.7. The maximum Gasteiger partial charge on any atom is 0.230 e. The molecule has 0 radical (unpaired) electrons. The lowest BCUT2D eigenvalue weighted by Crippen LogP contribution is -2.42. The number of nitrogens with two attached hydrogens (primary N) is 1. The van der Waals surface area contributed by atoms with Crippen molar-refractivity contribution in [2.75, 3.05) is 20.8 Å². The maximum atomic E-state index is 12.9. The van der Waals surface area contributed by atoms with Crippen LogP contribution in [0.1, 0.15) is 56.3 Å². The summed E-state index contributed by atoms with van der Waals surface area (Å²) in [7, 11) is 3.17. The Bertz CT molecular complexity index is 798. The largest absolute Gasteiger partial charge is 0.493 e. The highest BCUT2D eigenvalue weighted by atomic mass is 16.5. The predicted molar refractivity (Wildman–Crippen MR) is 113 cm³/mol. The molecule has 0 saturated heterocycles. The summed E-state index contributed by atoms with van der Waals surface area (Å²) < 4.78 is 10.6. The van der Waals surface area contributed by atoms with Gasteiger partial charge in [-0.25, -0.2) is 0 Å². The number of hydrogen-bond acceptors (Lipinski definition) is 4. The van der Waals surface area contributed by atoms with E-state index in [9.17, 15) is 4.79 Å². The molecule has 152 valence electrons. The fourth-order valence-electron chi connectivity index (χ4n) is 3.03. The Morgan fingerprint density at radius 3 is 2.11 bits per heavy atom. The third-order valence-corrected chi connectivity index (χ3v) is 5.19. The van der Waals surface area contributed by atoms with Crippen molar-refractivity contribution in [2.45, 2.75) is 45.1 Å². The van der Waals surface area contributed by atoms with Crippen LogP contribution < -0.4 is 20.5 Å². The van der Waals surface area contributed by atoms with Crippen molar-refractivity contribution in [1.82, 2.24) is 5.32 Å². The molecule has 0 aliphatic rings. The zero-order valence-electron chi connectivity index (χ0n) is 17.7. The second-order valence-corrected chi connectivity index (χ2v) is 7.83. The minimum atomic E-state index is -0.735. The molecule has 0 aliphatic heterocycles. The fourth-order valence-corrected chi connectivity index (χ4v) is 3.03. The van der Waals surface area contributed by atoms with Crippen LogP contribution in [0.15, 0.2) is 42.5 Å². The third kappa shape index (κ3) is 4.84. The Kier molecular flexibility index (Phi) is 7.08. The van der Waals surface area contributed by atoms with Crippen LogP contribution in [-0.2, 0) is 10.2 Å². The summed E-state index contributed by atoms with van der Waals surface area (Å²) >= 11 is 0. The van der Waals surface area contributed by atoms with Gasteiger partial charge in [-0.15, -0.1) is 0 Å². The summed E-state index contributed by atoms with van der Waals surface area (Å²) in [6.07, 6.45) is 0. The summed E-state index contributed by atoms with van der Waals surface area (Å²) in [4.78, 5) is 12.9. The molecule has 0 spiro atoms. The molecule has 1 atom stereocenters. The van der Waals surface area contributed by atoms with Crippen LogP contribution in [0.4, 0.5) is 0 Å². The smallest absolute Gasteiger partial charge is 0.230 e. The molecule has 2 aromatic carbocycles. The maximum absolute atomic E-state index is 12.9. The molecule has 1 unspecified atom stereocenters. The Morgan fingerprint density at radius 1 is 1.00 bits per heavy atom. The van der Waals surface area contributed by atoms with Crippen LogP contribution in [-0.4, -0.2) is 26.7 Å². The fraction of sp³-hybridized carbons (Fsp3) is 0.435. The SMILES string of the molecule is COc1ccc(C(C)(C)C(=O)NCC(N)c2ccc(C(C)C)cc2)cc1OC. The lowest BCUT2D eigenvalue weighted by molar-refractivity contribution is -0.125. The highest BCUT2D eigenvalue weighted by Gasteiger charge is 2.31. The van der Waals surface area contributed by atoms with E-state index >= 15 is 0 Å². The van der Waals surface area contributed by atoms with Crippen molar-refractivity contribution >= 4 is 5.91 Å². The van der Waals surface area contributed by atoms with E-state index in [0.717, 1.165) is 11.1 Å². The van der Waals surface area contributed by atoms with Gasteiger partial charge in [0, 0.05) is 12.6 Å². The quantitative estimate of drug-likeness (QED) is 0.723. The van der Waals surface area contributed by atoms with E-state index in [2.05, 4.69) is 31.3 Å². The molecule has 0 saturated carbocycles. The summed E-state index contributed by atoms with van der Waals surface area (Å²) in [5.74, 6) is 1.62. The summed E-state index contributed by atoms with van der Waals surface area (Å²) in [5, 5.41) is 2.99. The van der Waals surface area contributed by atoms with Gasteiger partial charge in [0.1, 0.15) is 0 Å². The number of benzene rings is 2. The van der Waals surface area contributed by atoms with Gasteiger partial charge in [-0.2, -0.15) is 0 Å². The van der Waals surface area contributed by atoms with Crippen LogP contribution >= 0.6 is 0 Å². The standard InChI is InChI=1S/C23H32N2O3/c1-15(2)16-7-9-17(10-8-16)19(24)14-25-22(26)23(3,4)18-11-12-20(27-5)21(13-18)28-6/h7-13,15,19H,14,24H2,1-6H3,(H,25,26). The van der Waals surface area contributed by atoms with Crippen LogP contribution in [0.3, 0.4) is 0 Å². The summed E-state index contributed by atoms with van der Waals surface area (Å²) in [6.45, 7) is 8.45. The molecule has 3 N–H and O–H groups in total. The van der Waals surface area contributed by atoms with E-state index in [1.165, 1.54) is 5.56 Å². The minimum Gasteiger partial charge on any atom is -0.493 e. The average Bonchev–Trinajstić information content (AvgIpc) is 2.70. The number of hydrogen-bond donors (Lipinski definition) is 2. The van der Waals surface area contributed by atoms with Gasteiger partial charge >= 0.3 is 0 Å². The molecule has 5 heteroatoms. The Balaban J connectivity index is 2.06. The van der Waals surface area contributed by atoms with Gasteiger partial charge in [0.25, 0.3) is 0 Å². The Hall–Kier alpha value is -2.53. The highest BCUT2D eigenvalue weighted by molar-refractivity contribution is 5.87. The van der Waals surface area contributed by atoms with E-state index in [0.29, 0.717) is 24.0 Å². The monoisotopic (exact) mass is 384 g/mol. The highest BCUT2D eigenvalue weighted by Crippen LogP contribution is 2.33. The van der Waals surface area contributed by atoms with E-state index < -0.39 is 5.41 Å². The van der Waals surface area contributed by atoms with Gasteiger partial charge in [-0.05, 0) is 48.6 Å². The average molecular weight is 385 g/mol. The summed E-state index contributed by atoms with van der Waals surface area (Å²) in [6, 6.07) is 13.5. The molecule has 1 amide bonds. The van der Waals surface area contributed by atoms with E-state index in [1.807, 2.05) is 44.2 Å². The predicted octanol–water partition coefficient (Wildman–Crippen LogP) is 3.92. The summed E-state index contributed by atoms with van der Waals surface area (Å²) in [5.41, 5.74) is 8.67. The number of carbonyl (C=O) groups is 1. The van der Waals surface area contributed by atoms with E-state index in [1.54, 1.807) is 14.2 Å². The first-order valence-corrected chi connectivity index (χ1v) is 9.57. The zero-order chi connectivity index (χ0) is 20.9. The van der Waals surface area contributed by atoms with Crippen molar-refractivity contribution in [3.05, 3.63) is 59.2 Å². The number of rotatable bonds is 8. The molecule has 0 bridgehead atoms. The molecule has 2 aromatic rings. The number of amides is 1. The molecule has 0 aromatic heterocycles. The molecule has 0 heterocycles. The van der Waals surface area contributed by atoms with Gasteiger partial charge in [0.2, 0.25) is 5.91 Å². The molecular formula is C23H32N2O3. The molecule has 0 fully saturated rings. The van der Waals surface area contributed by atoms with Crippen molar-refractivity contribution in [2.24, 2.45) is 5.73 Å². The normalized spacial score (nSPS) is 12.6. The van der Waals surface area contributed by atoms with Crippen molar-refractivity contribution in [3.63, 3.8) is 0 Å². The van der Waals surface area contributed by atoms with E-state index in [4.69, 9.17) is 15.2 Å². The van der Waals surface area contributed by atoms with Crippen molar-refractivity contribution < 1.29 is 14.3 Å².